The van der Waals surface area contributed by atoms with E-state index >= 15 is 0 Å². The molecule has 0 radical (unpaired) electrons. The van der Waals surface area contributed by atoms with Gasteiger partial charge in [0.15, 0.2) is 5.78 Å². The highest BCUT2D eigenvalue weighted by Crippen LogP contribution is 2.67. The smallest absolute Gasteiger partial charge is 0.175 e. The molecule has 3 aromatic carbocycles. The predicted octanol–water partition coefficient (Wildman–Crippen LogP) is 7.41. The molecule has 2 N–H and O–H groups in total. The van der Waals surface area contributed by atoms with Crippen molar-refractivity contribution >= 4 is 34.4 Å². The number of carbonyl (C=O) groups excluding carboxylic acids is 1. The molecule has 0 aliphatic heterocycles. The summed E-state index contributed by atoms with van der Waals surface area (Å²) in [7, 11) is 0. The van der Waals surface area contributed by atoms with Gasteiger partial charge in [0.2, 0.25) is 0 Å². The summed E-state index contributed by atoms with van der Waals surface area (Å²) in [5, 5.41) is 31.2. The molecule has 0 spiro atoms. The Morgan fingerprint density at radius 2 is 1.84 bits per heavy atom. The molecule has 5 nitrogen and oxygen atoms in total. The van der Waals surface area contributed by atoms with Crippen LogP contribution in [0, 0.1) is 34.4 Å². The van der Waals surface area contributed by atoms with Crippen molar-refractivity contribution in [3.05, 3.63) is 95.6 Å². The van der Waals surface area contributed by atoms with Gasteiger partial charge in [-0.05, 0) is 121 Å². The summed E-state index contributed by atoms with van der Waals surface area (Å²) < 4.78 is 15.5. The number of rotatable bonds is 5. The summed E-state index contributed by atoms with van der Waals surface area (Å²) in [6, 6.07) is 20.8. The predicted molar refractivity (Wildman–Crippen MR) is 176 cm³/mol. The van der Waals surface area contributed by atoms with E-state index in [-0.39, 0.29) is 40.5 Å². The van der Waals surface area contributed by atoms with Gasteiger partial charge in [-0.2, -0.15) is 5.10 Å². The summed E-state index contributed by atoms with van der Waals surface area (Å²) in [5.74, 6) is 0.271. The van der Waals surface area contributed by atoms with Gasteiger partial charge in [-0.15, -0.1) is 11.8 Å². The molecule has 0 unspecified atom stereocenters. The molecule has 1 heterocycles. The van der Waals surface area contributed by atoms with E-state index in [9.17, 15) is 19.4 Å². The van der Waals surface area contributed by atoms with Crippen LogP contribution in [0.15, 0.2) is 83.4 Å². The monoisotopic (exact) mass is 622 g/mol. The van der Waals surface area contributed by atoms with Crippen molar-refractivity contribution in [2.75, 3.05) is 5.75 Å². The lowest BCUT2D eigenvalue weighted by Gasteiger charge is -2.60. The Labute approximate surface area is 267 Å². The molecule has 0 amide bonds. The first-order valence-corrected chi connectivity index (χ1v) is 17.2. The minimum atomic E-state index is -1.44. The number of halogens is 1. The Morgan fingerprint density at radius 1 is 1.07 bits per heavy atom. The second-order valence-electron chi connectivity index (χ2n) is 14.4. The van der Waals surface area contributed by atoms with Crippen LogP contribution in [0.3, 0.4) is 0 Å². The van der Waals surface area contributed by atoms with Crippen molar-refractivity contribution in [1.82, 2.24) is 9.78 Å². The van der Waals surface area contributed by atoms with Crippen LogP contribution in [0.4, 0.5) is 4.39 Å². The van der Waals surface area contributed by atoms with Gasteiger partial charge in [0, 0.05) is 10.3 Å². The van der Waals surface area contributed by atoms with Gasteiger partial charge in [-0.3, -0.25) is 4.79 Å². The fourth-order valence-electron chi connectivity index (χ4n) is 9.96. The van der Waals surface area contributed by atoms with Gasteiger partial charge in [0.1, 0.15) is 11.4 Å². The second kappa shape index (κ2) is 10.4. The Balaban J connectivity index is 1.04. The number of thioether (sulfide) groups is 1. The van der Waals surface area contributed by atoms with Crippen LogP contribution >= 0.6 is 11.8 Å². The number of allylic oxidation sites excluding steroid dienone is 1. The molecular formula is C38H39FN2O3S. The van der Waals surface area contributed by atoms with E-state index < -0.39 is 17.1 Å². The third-order valence-electron chi connectivity index (χ3n) is 12.2. The number of aromatic nitrogens is 2. The summed E-state index contributed by atoms with van der Waals surface area (Å²) in [6.07, 6.45) is 7.85. The van der Waals surface area contributed by atoms with Crippen LogP contribution in [-0.2, 0) is 11.2 Å². The van der Waals surface area contributed by atoms with Crippen LogP contribution in [0.1, 0.15) is 57.2 Å². The number of fused-ring (bicyclic) bond motifs is 7. The molecule has 0 bridgehead atoms. The van der Waals surface area contributed by atoms with E-state index in [0.717, 1.165) is 52.9 Å². The number of hydrogen-bond donors (Lipinski definition) is 2. The first-order chi connectivity index (χ1) is 21.6. The van der Waals surface area contributed by atoms with Crippen LogP contribution in [0.2, 0.25) is 0 Å². The highest BCUT2D eigenvalue weighted by atomic mass is 32.2. The van der Waals surface area contributed by atoms with Crippen LogP contribution < -0.4 is 0 Å². The van der Waals surface area contributed by atoms with E-state index in [2.05, 4.69) is 49.3 Å². The van der Waals surface area contributed by atoms with Crippen molar-refractivity contribution in [3.8, 4) is 5.69 Å². The van der Waals surface area contributed by atoms with Crippen molar-refractivity contribution in [3.63, 3.8) is 0 Å². The van der Waals surface area contributed by atoms with E-state index in [1.54, 1.807) is 12.1 Å². The first-order valence-electron chi connectivity index (χ1n) is 16.2. The van der Waals surface area contributed by atoms with Crippen molar-refractivity contribution in [1.29, 1.82) is 0 Å². The number of hydrogen-bond acceptors (Lipinski definition) is 5. The van der Waals surface area contributed by atoms with Crippen LogP contribution in [0.25, 0.3) is 22.5 Å². The fourth-order valence-corrected chi connectivity index (χ4v) is 10.9. The average molecular weight is 623 g/mol. The molecule has 3 fully saturated rings. The normalized spacial score (nSPS) is 33.6. The molecule has 1 aromatic heterocycles. The topological polar surface area (TPSA) is 75.3 Å². The lowest BCUT2D eigenvalue weighted by atomic mass is 9.45. The van der Waals surface area contributed by atoms with E-state index in [4.69, 9.17) is 0 Å². The maximum Gasteiger partial charge on any atom is 0.175 e. The lowest BCUT2D eigenvalue weighted by molar-refractivity contribution is -0.177. The van der Waals surface area contributed by atoms with Gasteiger partial charge >= 0.3 is 0 Å². The first kappa shape index (κ1) is 29.2. The Kier molecular flexibility index (Phi) is 6.73. The zero-order valence-electron chi connectivity index (χ0n) is 25.7. The maximum absolute atomic E-state index is 13.9. The van der Waals surface area contributed by atoms with Crippen LogP contribution in [-0.4, -0.2) is 43.2 Å². The van der Waals surface area contributed by atoms with E-state index in [1.165, 1.54) is 34.9 Å². The number of nitrogens with zero attached hydrogens (tertiary/aromatic N) is 2. The van der Waals surface area contributed by atoms with Crippen molar-refractivity contribution in [2.45, 2.75) is 69.0 Å². The number of aliphatic hydroxyl groups excluding tert-OH is 1. The van der Waals surface area contributed by atoms with Gasteiger partial charge in [0.05, 0.1) is 29.4 Å². The Hall–Kier alpha value is -3.26. The number of ketones is 1. The fraction of sp³-hybridized carbons (Fsp3) is 0.421. The van der Waals surface area contributed by atoms with Crippen molar-refractivity contribution in [2.24, 2.45) is 28.6 Å². The second-order valence-corrected chi connectivity index (χ2v) is 15.4. The highest BCUT2D eigenvalue weighted by Gasteiger charge is 2.68. The molecule has 4 aromatic rings. The molecule has 4 aliphatic carbocycles. The zero-order chi connectivity index (χ0) is 31.1. The molecule has 3 saturated carbocycles. The SMILES string of the molecule is C[C@]12Cc3cnn(-c4ccc(F)cc4)c3C=C1CC[C@@H]1[C@@H]2[C@@H](O)C[C@@]2(C)[C@H]1CC[C@]2(O)C(=O)CSc1ccc2ccccc2c1. The molecule has 4 aliphatic rings. The number of Topliss-reactive ketones (excluding diaryl/α,β-unsaturated/α-hetero) is 1. The highest BCUT2D eigenvalue weighted by molar-refractivity contribution is 8.00. The standard InChI is InChI=1S/C38H39FN2O3S/c1-36-19-25-21-40-41(28-11-9-27(39)10-12-28)32(25)18-26(36)8-14-30-31-15-16-38(44,37(31,2)20-33(42)35(30)36)34(43)22-45-29-13-7-23-5-3-4-6-24(23)17-29/h3-7,9-13,17-18,21,30-31,33,35,42,44H,8,14-16,19-20,22H2,1-2H3/t30-,31-,33-,35+,36-,37-,38-/m0/s1. The van der Waals surface area contributed by atoms with Gasteiger partial charge in [-0.1, -0.05) is 49.8 Å². The molecule has 7 atom stereocenters. The quantitative estimate of drug-likeness (QED) is 0.227. The zero-order valence-corrected chi connectivity index (χ0v) is 26.6. The summed E-state index contributed by atoms with van der Waals surface area (Å²) in [5.41, 5.74) is 1.99. The molecule has 45 heavy (non-hydrogen) atoms. The van der Waals surface area contributed by atoms with E-state index in [1.807, 2.05) is 29.1 Å². The maximum atomic E-state index is 13.9. The third-order valence-corrected chi connectivity index (χ3v) is 13.2. The molecule has 7 heteroatoms. The molecule has 232 valence electrons. The van der Waals surface area contributed by atoms with Gasteiger partial charge in [-0.25, -0.2) is 9.07 Å². The van der Waals surface area contributed by atoms with Gasteiger partial charge in [0.25, 0.3) is 0 Å². The lowest BCUT2D eigenvalue weighted by Crippen LogP contribution is -2.62. The average Bonchev–Trinajstić information content (AvgIpc) is 3.55. The molecular weight excluding hydrogens is 583 g/mol. The molecule has 0 saturated heterocycles. The minimum Gasteiger partial charge on any atom is -0.393 e. The molecule has 8 rings (SSSR count). The summed E-state index contributed by atoms with van der Waals surface area (Å²) in [4.78, 5) is 14.9. The summed E-state index contributed by atoms with van der Waals surface area (Å²) >= 11 is 1.49. The van der Waals surface area contributed by atoms with Gasteiger partial charge < -0.3 is 10.2 Å². The third kappa shape index (κ3) is 4.34. The van der Waals surface area contributed by atoms with Crippen molar-refractivity contribution < 1.29 is 19.4 Å². The number of aliphatic hydroxyl groups is 2. The Morgan fingerprint density at radius 3 is 2.64 bits per heavy atom. The minimum absolute atomic E-state index is 0.0438. The summed E-state index contributed by atoms with van der Waals surface area (Å²) in [6.45, 7) is 4.37. The Bertz CT molecular complexity index is 1850. The van der Waals surface area contributed by atoms with E-state index in [0.29, 0.717) is 12.8 Å². The number of carbonyl (C=O) groups is 1. The number of benzene rings is 3. The van der Waals surface area contributed by atoms with Crippen LogP contribution in [0.5, 0.6) is 0 Å². The largest absolute Gasteiger partial charge is 0.393 e.